The second kappa shape index (κ2) is 6.71. The molecule has 2 rings (SSSR count). The summed E-state index contributed by atoms with van der Waals surface area (Å²) in [7, 11) is -3.41. The summed E-state index contributed by atoms with van der Waals surface area (Å²) in [5, 5.41) is 0. The lowest BCUT2D eigenvalue weighted by atomic mass is 10.2. The standard InChI is InChI=1S/C15H25ClN2O2S/c1-4-7-17-11-15(8-14(17)9-16)21(19,20)18(10-12(2)3)13-5-6-13/h8,11-13H,4-7,9-10H2,1-3H3. The zero-order chi connectivity index (χ0) is 15.6. The van der Waals surface area contributed by atoms with E-state index in [4.69, 9.17) is 11.6 Å². The lowest BCUT2D eigenvalue weighted by Gasteiger charge is -2.23. The molecule has 0 saturated heterocycles. The van der Waals surface area contributed by atoms with Crippen LogP contribution in [-0.4, -0.2) is 29.9 Å². The summed E-state index contributed by atoms with van der Waals surface area (Å²) >= 11 is 5.94. The van der Waals surface area contributed by atoms with E-state index in [1.54, 1.807) is 16.6 Å². The van der Waals surface area contributed by atoms with Crippen LogP contribution in [0.15, 0.2) is 17.2 Å². The Labute approximate surface area is 133 Å². The first-order valence-corrected chi connectivity index (χ1v) is 9.64. The minimum atomic E-state index is -3.41. The largest absolute Gasteiger partial charge is 0.349 e. The van der Waals surface area contributed by atoms with Gasteiger partial charge in [-0.15, -0.1) is 11.6 Å². The van der Waals surface area contributed by atoms with Gasteiger partial charge in [0.2, 0.25) is 10.0 Å². The van der Waals surface area contributed by atoms with Gasteiger partial charge in [-0.2, -0.15) is 4.31 Å². The van der Waals surface area contributed by atoms with Crippen LogP contribution in [0.2, 0.25) is 0 Å². The summed E-state index contributed by atoms with van der Waals surface area (Å²) in [6.45, 7) is 7.56. The maximum absolute atomic E-state index is 12.9. The normalized spacial score (nSPS) is 16.1. The topological polar surface area (TPSA) is 42.3 Å². The van der Waals surface area contributed by atoms with Gasteiger partial charge in [0.25, 0.3) is 0 Å². The van der Waals surface area contributed by atoms with Gasteiger partial charge in [0, 0.05) is 31.0 Å². The molecule has 1 aliphatic carbocycles. The predicted octanol–water partition coefficient (Wildman–Crippen LogP) is 3.45. The number of rotatable bonds is 8. The van der Waals surface area contributed by atoms with Gasteiger partial charge in [0.05, 0.1) is 5.88 Å². The lowest BCUT2D eigenvalue weighted by Crippen LogP contribution is -2.35. The van der Waals surface area contributed by atoms with Gasteiger partial charge in [-0.05, 0) is 31.2 Å². The van der Waals surface area contributed by atoms with Crippen LogP contribution in [-0.2, 0) is 22.4 Å². The van der Waals surface area contributed by atoms with Crippen molar-refractivity contribution in [3.63, 3.8) is 0 Å². The first-order chi connectivity index (χ1) is 9.90. The van der Waals surface area contributed by atoms with E-state index in [2.05, 4.69) is 20.8 Å². The maximum atomic E-state index is 12.9. The van der Waals surface area contributed by atoms with Crippen LogP contribution in [0.25, 0.3) is 0 Å². The lowest BCUT2D eigenvalue weighted by molar-refractivity contribution is 0.360. The van der Waals surface area contributed by atoms with Crippen molar-refractivity contribution in [1.82, 2.24) is 8.87 Å². The number of aromatic nitrogens is 1. The van der Waals surface area contributed by atoms with Gasteiger partial charge in [0.15, 0.2) is 0 Å². The molecule has 0 N–H and O–H groups in total. The minimum Gasteiger partial charge on any atom is -0.349 e. The molecule has 1 saturated carbocycles. The average Bonchev–Trinajstić information content (AvgIpc) is 3.16. The number of sulfonamides is 1. The molecule has 0 aliphatic heterocycles. The molecule has 1 aromatic heterocycles. The smallest absolute Gasteiger partial charge is 0.244 e. The number of aryl methyl sites for hydroxylation is 1. The summed E-state index contributed by atoms with van der Waals surface area (Å²) in [6.07, 6.45) is 4.65. The molecule has 1 aromatic rings. The molecule has 0 bridgehead atoms. The van der Waals surface area contributed by atoms with Crippen molar-refractivity contribution >= 4 is 21.6 Å². The van der Waals surface area contributed by atoms with Crippen LogP contribution in [0.3, 0.4) is 0 Å². The molecular formula is C15H25ClN2O2S. The molecule has 1 fully saturated rings. The summed E-state index contributed by atoms with van der Waals surface area (Å²) in [5.41, 5.74) is 0.873. The van der Waals surface area contributed by atoms with Crippen molar-refractivity contribution in [2.75, 3.05) is 6.54 Å². The number of nitrogens with zero attached hydrogens (tertiary/aromatic N) is 2. The van der Waals surface area contributed by atoms with Crippen molar-refractivity contribution in [3.05, 3.63) is 18.0 Å². The van der Waals surface area contributed by atoms with Crippen molar-refractivity contribution in [2.24, 2.45) is 5.92 Å². The molecule has 0 unspecified atom stereocenters. The van der Waals surface area contributed by atoms with Crippen LogP contribution in [0.5, 0.6) is 0 Å². The summed E-state index contributed by atoms with van der Waals surface area (Å²) in [6, 6.07) is 1.92. The van der Waals surface area contributed by atoms with E-state index in [1.807, 2.05) is 4.57 Å². The summed E-state index contributed by atoms with van der Waals surface area (Å²) in [5.74, 6) is 0.661. The molecule has 120 valence electrons. The van der Waals surface area contributed by atoms with E-state index < -0.39 is 10.0 Å². The van der Waals surface area contributed by atoms with Crippen LogP contribution in [0, 0.1) is 5.92 Å². The van der Waals surface area contributed by atoms with E-state index in [9.17, 15) is 8.42 Å². The fraction of sp³-hybridized carbons (Fsp3) is 0.733. The zero-order valence-corrected chi connectivity index (χ0v) is 14.6. The van der Waals surface area contributed by atoms with Gasteiger partial charge < -0.3 is 4.57 Å². The fourth-order valence-electron chi connectivity index (χ4n) is 2.53. The molecule has 1 heterocycles. The SMILES string of the molecule is CCCn1cc(S(=O)(=O)N(CC(C)C)C2CC2)cc1CCl. The Hall–Kier alpha value is -0.520. The van der Waals surface area contributed by atoms with Crippen molar-refractivity contribution in [3.8, 4) is 0 Å². The van der Waals surface area contributed by atoms with E-state index in [-0.39, 0.29) is 6.04 Å². The van der Waals surface area contributed by atoms with Gasteiger partial charge in [-0.25, -0.2) is 8.42 Å². The Morgan fingerprint density at radius 2 is 2.10 bits per heavy atom. The molecule has 0 radical (unpaired) electrons. The fourth-order valence-corrected chi connectivity index (χ4v) is 4.67. The third-order valence-electron chi connectivity index (χ3n) is 3.67. The second-order valence-electron chi connectivity index (χ2n) is 6.19. The Balaban J connectivity index is 2.33. The Morgan fingerprint density at radius 3 is 2.57 bits per heavy atom. The number of hydrogen-bond acceptors (Lipinski definition) is 2. The second-order valence-corrected chi connectivity index (χ2v) is 8.35. The molecule has 6 heteroatoms. The van der Waals surface area contributed by atoms with Crippen molar-refractivity contribution < 1.29 is 8.42 Å². The van der Waals surface area contributed by atoms with E-state index in [0.29, 0.717) is 23.2 Å². The number of halogens is 1. The van der Waals surface area contributed by atoms with Crippen LogP contribution >= 0.6 is 11.6 Å². The highest BCUT2D eigenvalue weighted by Gasteiger charge is 2.38. The zero-order valence-electron chi connectivity index (χ0n) is 13.0. The molecule has 4 nitrogen and oxygen atoms in total. The number of alkyl halides is 1. The summed E-state index contributed by atoms with van der Waals surface area (Å²) in [4.78, 5) is 0.388. The van der Waals surface area contributed by atoms with Crippen molar-refractivity contribution in [2.45, 2.75) is 63.4 Å². The van der Waals surface area contributed by atoms with Crippen molar-refractivity contribution in [1.29, 1.82) is 0 Å². The molecule has 0 spiro atoms. The first-order valence-electron chi connectivity index (χ1n) is 7.67. The van der Waals surface area contributed by atoms with Crippen LogP contribution in [0.1, 0.15) is 45.7 Å². The van der Waals surface area contributed by atoms with E-state index in [0.717, 1.165) is 31.5 Å². The molecule has 0 atom stereocenters. The Morgan fingerprint density at radius 1 is 1.43 bits per heavy atom. The molecule has 21 heavy (non-hydrogen) atoms. The molecule has 0 aromatic carbocycles. The molecule has 1 aliphatic rings. The van der Waals surface area contributed by atoms with E-state index >= 15 is 0 Å². The number of hydrogen-bond donors (Lipinski definition) is 0. The van der Waals surface area contributed by atoms with Crippen LogP contribution in [0.4, 0.5) is 0 Å². The highest BCUT2D eigenvalue weighted by Crippen LogP contribution is 2.33. The van der Waals surface area contributed by atoms with Crippen LogP contribution < -0.4 is 0 Å². The van der Waals surface area contributed by atoms with Gasteiger partial charge in [-0.1, -0.05) is 20.8 Å². The predicted molar refractivity (Wildman–Crippen MR) is 86.0 cm³/mol. The first kappa shape index (κ1) is 16.8. The Bertz CT molecular complexity index is 576. The van der Waals surface area contributed by atoms with Gasteiger partial charge >= 0.3 is 0 Å². The van der Waals surface area contributed by atoms with Gasteiger partial charge in [-0.3, -0.25) is 0 Å². The van der Waals surface area contributed by atoms with Gasteiger partial charge in [0.1, 0.15) is 4.90 Å². The average molecular weight is 333 g/mol. The third kappa shape index (κ3) is 3.82. The third-order valence-corrected chi connectivity index (χ3v) is 5.83. The monoisotopic (exact) mass is 332 g/mol. The maximum Gasteiger partial charge on any atom is 0.244 e. The van der Waals surface area contributed by atoms with E-state index in [1.165, 1.54) is 0 Å². The molecular weight excluding hydrogens is 308 g/mol. The summed E-state index contributed by atoms with van der Waals surface area (Å²) < 4.78 is 29.4. The highest BCUT2D eigenvalue weighted by molar-refractivity contribution is 7.89. The Kier molecular flexibility index (Phi) is 5.38. The highest BCUT2D eigenvalue weighted by atomic mass is 35.5. The molecule has 0 amide bonds. The quantitative estimate of drug-likeness (QED) is 0.684. The minimum absolute atomic E-state index is 0.186.